The van der Waals surface area contributed by atoms with E-state index in [4.69, 9.17) is 4.74 Å². The smallest absolute Gasteiger partial charge is 0.340 e. The maximum absolute atomic E-state index is 14.2. The molecule has 9 heteroatoms. The van der Waals surface area contributed by atoms with Crippen LogP contribution in [-0.4, -0.2) is 44.7 Å². The second-order valence-electron chi connectivity index (χ2n) is 4.86. The molecule has 148 valence electrons. The molecule has 1 unspecified atom stereocenters. The second-order valence-corrected chi connectivity index (χ2v) is 4.86. The standard InChI is InChI=1S/C16H15F2NO6.C2H6/c1-4-25-13-11(15(21)23-2)12(16(22)24-3)19(14(13)20)10-6-5-8(17)7-9(10)18;1-2/h5-7,12H,4H2,1-3H3;1-2H3. The molecule has 0 aromatic heterocycles. The van der Waals surface area contributed by atoms with Crippen LogP contribution in [0.5, 0.6) is 0 Å². The predicted molar refractivity (Wildman–Crippen MR) is 91.7 cm³/mol. The molecule has 0 aliphatic carbocycles. The Hall–Kier alpha value is -2.97. The average molecular weight is 385 g/mol. The van der Waals surface area contributed by atoms with Crippen molar-refractivity contribution < 1.29 is 37.4 Å². The Morgan fingerprint density at radius 2 is 1.78 bits per heavy atom. The summed E-state index contributed by atoms with van der Waals surface area (Å²) in [6.07, 6.45) is 0. The van der Waals surface area contributed by atoms with Crippen LogP contribution in [-0.2, 0) is 28.6 Å². The Labute approximate surface area is 155 Å². The van der Waals surface area contributed by atoms with Gasteiger partial charge in [0.05, 0.1) is 26.5 Å². The molecule has 2 rings (SSSR count). The molecule has 1 aromatic rings. The Morgan fingerprint density at radius 3 is 2.26 bits per heavy atom. The number of methoxy groups -OCH3 is 2. The Balaban J connectivity index is 0.00000176. The van der Waals surface area contributed by atoms with E-state index in [1.165, 1.54) is 0 Å². The number of carbonyl (C=O) groups is 3. The first-order valence-corrected chi connectivity index (χ1v) is 8.19. The summed E-state index contributed by atoms with van der Waals surface area (Å²) >= 11 is 0. The summed E-state index contributed by atoms with van der Waals surface area (Å²) in [6, 6.07) is 0.818. The van der Waals surface area contributed by atoms with E-state index in [1.54, 1.807) is 6.92 Å². The lowest BCUT2D eigenvalue weighted by atomic mass is 10.1. The lowest BCUT2D eigenvalue weighted by molar-refractivity contribution is -0.144. The van der Waals surface area contributed by atoms with Gasteiger partial charge in [-0.3, -0.25) is 9.69 Å². The van der Waals surface area contributed by atoms with Gasteiger partial charge in [0, 0.05) is 6.07 Å². The largest absolute Gasteiger partial charge is 0.488 e. The molecule has 0 saturated heterocycles. The third-order valence-corrected chi connectivity index (χ3v) is 3.48. The Bertz CT molecular complexity index is 762. The van der Waals surface area contributed by atoms with Gasteiger partial charge < -0.3 is 14.2 Å². The van der Waals surface area contributed by atoms with Crippen LogP contribution < -0.4 is 4.90 Å². The van der Waals surface area contributed by atoms with Crippen molar-refractivity contribution >= 4 is 23.5 Å². The molecule has 1 aliphatic heterocycles. The average Bonchev–Trinajstić information content (AvgIpc) is 2.95. The topological polar surface area (TPSA) is 82.1 Å². The predicted octanol–water partition coefficient (Wildman–Crippen LogP) is 2.34. The number of halogens is 2. The van der Waals surface area contributed by atoms with Crippen LogP contribution in [0.25, 0.3) is 0 Å². The summed E-state index contributed by atoms with van der Waals surface area (Å²) in [4.78, 5) is 37.6. The van der Waals surface area contributed by atoms with Crippen molar-refractivity contribution in [3.63, 3.8) is 0 Å². The fraction of sp³-hybridized carbons (Fsp3) is 0.389. The quantitative estimate of drug-likeness (QED) is 0.724. The SMILES string of the molecule is CC.CCOC1=C(C(=O)OC)C(C(=O)OC)N(c2ccc(F)cc2F)C1=O. The molecule has 0 spiro atoms. The molecule has 1 heterocycles. The van der Waals surface area contributed by atoms with Gasteiger partial charge >= 0.3 is 11.9 Å². The fourth-order valence-electron chi connectivity index (χ4n) is 2.45. The Morgan fingerprint density at radius 1 is 1.15 bits per heavy atom. The summed E-state index contributed by atoms with van der Waals surface area (Å²) in [5.41, 5.74) is -0.817. The first-order chi connectivity index (χ1) is 12.9. The molecule has 1 atom stereocenters. The minimum Gasteiger partial charge on any atom is -0.488 e. The third kappa shape index (κ3) is 4.24. The Kier molecular flexibility index (Phi) is 7.89. The van der Waals surface area contributed by atoms with Crippen LogP contribution in [0, 0.1) is 11.6 Å². The minimum absolute atomic E-state index is 0.00913. The van der Waals surface area contributed by atoms with Gasteiger partial charge in [-0.15, -0.1) is 0 Å². The van der Waals surface area contributed by atoms with E-state index in [-0.39, 0.29) is 6.61 Å². The van der Waals surface area contributed by atoms with Crippen molar-refractivity contribution in [3.05, 3.63) is 41.2 Å². The molecule has 27 heavy (non-hydrogen) atoms. The number of nitrogens with zero attached hydrogens (tertiary/aromatic N) is 1. The molecule has 0 radical (unpaired) electrons. The van der Waals surface area contributed by atoms with Crippen molar-refractivity contribution in [1.82, 2.24) is 0 Å². The maximum Gasteiger partial charge on any atom is 0.340 e. The lowest BCUT2D eigenvalue weighted by Crippen LogP contribution is -2.43. The van der Waals surface area contributed by atoms with Gasteiger partial charge in [0.15, 0.2) is 11.8 Å². The summed E-state index contributed by atoms with van der Waals surface area (Å²) in [5, 5.41) is 0. The number of ether oxygens (including phenoxy) is 3. The zero-order valence-electron chi connectivity index (χ0n) is 15.7. The molecule has 0 saturated carbocycles. The zero-order valence-corrected chi connectivity index (χ0v) is 15.7. The number of carbonyl (C=O) groups excluding carboxylic acids is 3. The summed E-state index contributed by atoms with van der Waals surface area (Å²) in [6.45, 7) is 5.57. The van der Waals surface area contributed by atoms with E-state index in [0.29, 0.717) is 11.0 Å². The van der Waals surface area contributed by atoms with Crippen LogP contribution in [0.2, 0.25) is 0 Å². The number of anilines is 1. The number of hydrogen-bond donors (Lipinski definition) is 0. The van der Waals surface area contributed by atoms with Gasteiger partial charge in [0.2, 0.25) is 0 Å². The molecule has 1 aliphatic rings. The van der Waals surface area contributed by atoms with Gasteiger partial charge in [-0.2, -0.15) is 0 Å². The molecule has 0 bridgehead atoms. The summed E-state index contributed by atoms with van der Waals surface area (Å²) in [5.74, 6) is -5.36. The van der Waals surface area contributed by atoms with Crippen LogP contribution in [0.15, 0.2) is 29.5 Å². The number of esters is 2. The van der Waals surface area contributed by atoms with Gasteiger partial charge in [0.25, 0.3) is 5.91 Å². The first-order valence-electron chi connectivity index (χ1n) is 8.19. The monoisotopic (exact) mass is 385 g/mol. The van der Waals surface area contributed by atoms with Gasteiger partial charge in [0.1, 0.15) is 17.2 Å². The molecular formula is C18H21F2NO6. The van der Waals surface area contributed by atoms with E-state index >= 15 is 0 Å². The minimum atomic E-state index is -1.62. The zero-order chi connectivity index (χ0) is 20.7. The first kappa shape index (κ1) is 22.1. The van der Waals surface area contributed by atoms with Crippen LogP contribution >= 0.6 is 0 Å². The molecule has 0 fully saturated rings. The maximum atomic E-state index is 14.2. The van der Waals surface area contributed by atoms with E-state index in [0.717, 1.165) is 26.4 Å². The van der Waals surface area contributed by atoms with E-state index in [2.05, 4.69) is 9.47 Å². The van der Waals surface area contributed by atoms with Crippen molar-refractivity contribution in [1.29, 1.82) is 0 Å². The molecule has 1 amide bonds. The number of rotatable bonds is 5. The van der Waals surface area contributed by atoms with Crippen LogP contribution in [0.4, 0.5) is 14.5 Å². The second kappa shape index (κ2) is 9.65. The van der Waals surface area contributed by atoms with E-state index in [9.17, 15) is 23.2 Å². The highest BCUT2D eigenvalue weighted by atomic mass is 19.1. The normalized spacial score (nSPS) is 15.9. The van der Waals surface area contributed by atoms with E-state index < -0.39 is 52.5 Å². The van der Waals surface area contributed by atoms with Crippen molar-refractivity contribution in [2.45, 2.75) is 26.8 Å². The molecular weight excluding hydrogens is 364 g/mol. The number of hydrogen-bond acceptors (Lipinski definition) is 6. The molecule has 7 nitrogen and oxygen atoms in total. The highest BCUT2D eigenvalue weighted by Gasteiger charge is 2.50. The van der Waals surface area contributed by atoms with Gasteiger partial charge in [-0.1, -0.05) is 13.8 Å². The number of amides is 1. The number of benzene rings is 1. The molecule has 1 aromatic carbocycles. The van der Waals surface area contributed by atoms with Crippen molar-refractivity contribution in [3.8, 4) is 0 Å². The fourth-order valence-corrected chi connectivity index (χ4v) is 2.45. The summed E-state index contributed by atoms with van der Waals surface area (Å²) < 4.78 is 41.7. The molecule has 0 N–H and O–H groups in total. The van der Waals surface area contributed by atoms with E-state index in [1.807, 2.05) is 13.8 Å². The van der Waals surface area contributed by atoms with Gasteiger partial charge in [-0.05, 0) is 19.1 Å². The van der Waals surface area contributed by atoms with Crippen molar-refractivity contribution in [2.75, 3.05) is 25.7 Å². The third-order valence-electron chi connectivity index (χ3n) is 3.48. The van der Waals surface area contributed by atoms with Crippen molar-refractivity contribution in [2.24, 2.45) is 0 Å². The van der Waals surface area contributed by atoms with Gasteiger partial charge in [-0.25, -0.2) is 18.4 Å². The lowest BCUT2D eigenvalue weighted by Gasteiger charge is -2.24. The van der Waals surface area contributed by atoms with Crippen LogP contribution in [0.1, 0.15) is 20.8 Å². The van der Waals surface area contributed by atoms with Crippen LogP contribution in [0.3, 0.4) is 0 Å². The highest BCUT2D eigenvalue weighted by molar-refractivity contribution is 6.20. The highest BCUT2D eigenvalue weighted by Crippen LogP contribution is 2.35. The summed E-state index contributed by atoms with van der Waals surface area (Å²) in [7, 11) is 2.10.